The predicted octanol–water partition coefficient (Wildman–Crippen LogP) is 2.49. The van der Waals surface area contributed by atoms with Crippen molar-refractivity contribution >= 4 is 0 Å². The molecule has 2 unspecified atom stereocenters. The molecule has 2 fully saturated rings. The summed E-state index contributed by atoms with van der Waals surface area (Å²) in [6.07, 6.45) is 8.24. The molecular formula is C14H27NO2. The Kier molecular flexibility index (Phi) is 4.45. The molecule has 0 aromatic rings. The van der Waals surface area contributed by atoms with Gasteiger partial charge in [0.25, 0.3) is 0 Å². The highest BCUT2D eigenvalue weighted by atomic mass is 16.5. The van der Waals surface area contributed by atoms with E-state index in [2.05, 4.69) is 19.2 Å². The summed E-state index contributed by atoms with van der Waals surface area (Å²) in [6, 6.07) is 0. The van der Waals surface area contributed by atoms with Crippen LogP contribution in [0.5, 0.6) is 0 Å². The van der Waals surface area contributed by atoms with Gasteiger partial charge in [0, 0.05) is 6.54 Å². The maximum atomic E-state index is 6.48. The van der Waals surface area contributed by atoms with Crippen LogP contribution in [0.2, 0.25) is 0 Å². The molecule has 2 rings (SSSR count). The molecular weight excluding hydrogens is 214 g/mol. The number of hydrogen-bond donors (Lipinski definition) is 1. The van der Waals surface area contributed by atoms with Crippen LogP contribution in [0, 0.1) is 0 Å². The molecule has 100 valence electrons. The van der Waals surface area contributed by atoms with Crippen LogP contribution in [-0.2, 0) is 9.47 Å². The fourth-order valence-corrected chi connectivity index (χ4v) is 3.47. The van der Waals surface area contributed by atoms with Gasteiger partial charge in [0.2, 0.25) is 0 Å². The van der Waals surface area contributed by atoms with Crippen LogP contribution in [0.15, 0.2) is 0 Å². The van der Waals surface area contributed by atoms with Gasteiger partial charge in [0.05, 0.1) is 23.9 Å². The van der Waals surface area contributed by atoms with Gasteiger partial charge < -0.3 is 14.8 Å². The molecule has 1 heterocycles. The summed E-state index contributed by atoms with van der Waals surface area (Å²) in [6.45, 7) is 5.31. The molecule has 2 aliphatic rings. The number of hydrogen-bond acceptors (Lipinski definition) is 3. The van der Waals surface area contributed by atoms with E-state index in [0.717, 1.165) is 19.4 Å². The number of rotatable bonds is 4. The highest BCUT2D eigenvalue weighted by Gasteiger charge is 2.38. The normalized spacial score (nSPS) is 37.2. The van der Waals surface area contributed by atoms with Crippen molar-refractivity contribution in [3.63, 3.8) is 0 Å². The van der Waals surface area contributed by atoms with E-state index in [0.29, 0.717) is 18.3 Å². The average Bonchev–Trinajstić information content (AvgIpc) is 2.65. The van der Waals surface area contributed by atoms with E-state index in [9.17, 15) is 0 Å². The monoisotopic (exact) mass is 241 g/mol. The number of ether oxygens (including phenoxy) is 2. The summed E-state index contributed by atoms with van der Waals surface area (Å²) in [7, 11) is 2.03. The van der Waals surface area contributed by atoms with Gasteiger partial charge in [-0.05, 0) is 46.6 Å². The van der Waals surface area contributed by atoms with Crippen molar-refractivity contribution in [3.8, 4) is 0 Å². The zero-order chi connectivity index (χ0) is 12.3. The highest BCUT2D eigenvalue weighted by molar-refractivity contribution is 4.90. The van der Waals surface area contributed by atoms with Crippen molar-refractivity contribution in [2.75, 3.05) is 13.6 Å². The summed E-state index contributed by atoms with van der Waals surface area (Å²) < 4.78 is 12.3. The van der Waals surface area contributed by atoms with Gasteiger partial charge in [-0.1, -0.05) is 12.8 Å². The van der Waals surface area contributed by atoms with Crippen molar-refractivity contribution in [2.24, 2.45) is 0 Å². The van der Waals surface area contributed by atoms with Crippen LogP contribution < -0.4 is 5.32 Å². The van der Waals surface area contributed by atoms with Crippen LogP contribution in [0.25, 0.3) is 0 Å². The maximum Gasteiger partial charge on any atom is 0.0809 e. The lowest BCUT2D eigenvalue weighted by atomic mass is 9.98. The van der Waals surface area contributed by atoms with Crippen LogP contribution in [0.3, 0.4) is 0 Å². The smallest absolute Gasteiger partial charge is 0.0809 e. The Labute approximate surface area is 105 Å². The van der Waals surface area contributed by atoms with Gasteiger partial charge in [-0.3, -0.25) is 0 Å². The topological polar surface area (TPSA) is 30.5 Å². The molecule has 1 saturated carbocycles. The highest BCUT2D eigenvalue weighted by Crippen LogP contribution is 2.36. The van der Waals surface area contributed by atoms with Crippen molar-refractivity contribution in [3.05, 3.63) is 0 Å². The van der Waals surface area contributed by atoms with E-state index in [1.54, 1.807) is 0 Å². The Balaban J connectivity index is 1.93. The first-order chi connectivity index (χ1) is 8.13. The summed E-state index contributed by atoms with van der Waals surface area (Å²) in [5, 5.41) is 3.31. The van der Waals surface area contributed by atoms with E-state index < -0.39 is 0 Å². The number of nitrogens with one attached hydrogen (secondary N) is 1. The van der Waals surface area contributed by atoms with Gasteiger partial charge in [-0.2, -0.15) is 0 Å². The molecule has 0 spiro atoms. The molecule has 1 saturated heterocycles. The third-order valence-corrected chi connectivity index (χ3v) is 4.08. The van der Waals surface area contributed by atoms with Gasteiger partial charge in [-0.15, -0.1) is 0 Å². The van der Waals surface area contributed by atoms with Gasteiger partial charge in [0.15, 0.2) is 0 Å². The Morgan fingerprint density at radius 1 is 1.18 bits per heavy atom. The molecule has 3 nitrogen and oxygen atoms in total. The summed E-state index contributed by atoms with van der Waals surface area (Å²) in [4.78, 5) is 0. The average molecular weight is 241 g/mol. The molecule has 1 aliphatic heterocycles. The van der Waals surface area contributed by atoms with Crippen molar-refractivity contribution in [1.82, 2.24) is 5.32 Å². The Morgan fingerprint density at radius 3 is 2.29 bits per heavy atom. The summed E-state index contributed by atoms with van der Waals surface area (Å²) in [5.74, 6) is 0. The first kappa shape index (κ1) is 13.3. The summed E-state index contributed by atoms with van der Waals surface area (Å²) in [5.41, 5.74) is 0.107. The molecule has 1 N–H and O–H groups in total. The maximum absolute atomic E-state index is 6.48. The fourth-order valence-electron chi connectivity index (χ4n) is 3.47. The van der Waals surface area contributed by atoms with Gasteiger partial charge in [-0.25, -0.2) is 0 Å². The molecule has 0 bridgehead atoms. The minimum Gasteiger partial charge on any atom is -0.375 e. The molecule has 17 heavy (non-hydrogen) atoms. The predicted molar refractivity (Wildman–Crippen MR) is 69.2 cm³/mol. The quantitative estimate of drug-likeness (QED) is 0.820. The minimum absolute atomic E-state index is 0.107. The second kappa shape index (κ2) is 5.68. The van der Waals surface area contributed by atoms with Crippen LogP contribution in [-0.4, -0.2) is 37.5 Å². The molecule has 0 amide bonds. The Morgan fingerprint density at radius 2 is 1.76 bits per heavy atom. The second-order valence-corrected chi connectivity index (χ2v) is 5.89. The zero-order valence-corrected chi connectivity index (χ0v) is 11.5. The standard InChI is InChI=1S/C14H27NO2/c1-11-8-13(9-12(2)16-11)17-14(10-15-3)6-4-5-7-14/h11-13,15H,4-10H2,1-3H3. The molecule has 0 radical (unpaired) electrons. The zero-order valence-electron chi connectivity index (χ0n) is 11.5. The molecule has 0 aromatic carbocycles. The van der Waals surface area contributed by atoms with Crippen molar-refractivity contribution in [2.45, 2.75) is 76.3 Å². The Hall–Kier alpha value is -0.120. The third-order valence-electron chi connectivity index (χ3n) is 4.08. The minimum atomic E-state index is 0.107. The van der Waals surface area contributed by atoms with Crippen molar-refractivity contribution < 1.29 is 9.47 Å². The lowest BCUT2D eigenvalue weighted by Gasteiger charge is -2.39. The lowest BCUT2D eigenvalue weighted by molar-refractivity contribution is -0.154. The van der Waals surface area contributed by atoms with Crippen LogP contribution in [0.1, 0.15) is 52.4 Å². The SMILES string of the molecule is CNCC1(OC2CC(C)OC(C)C2)CCCC1. The van der Waals surface area contributed by atoms with E-state index >= 15 is 0 Å². The first-order valence-electron chi connectivity index (χ1n) is 7.11. The van der Waals surface area contributed by atoms with Gasteiger partial charge >= 0.3 is 0 Å². The van der Waals surface area contributed by atoms with E-state index in [1.165, 1.54) is 25.7 Å². The van der Waals surface area contributed by atoms with E-state index in [4.69, 9.17) is 9.47 Å². The lowest BCUT2D eigenvalue weighted by Crippen LogP contribution is -2.45. The fraction of sp³-hybridized carbons (Fsp3) is 1.00. The summed E-state index contributed by atoms with van der Waals surface area (Å²) >= 11 is 0. The first-order valence-corrected chi connectivity index (χ1v) is 7.11. The van der Waals surface area contributed by atoms with E-state index in [-0.39, 0.29) is 5.60 Å². The molecule has 1 aliphatic carbocycles. The molecule has 2 atom stereocenters. The molecule has 3 heteroatoms. The van der Waals surface area contributed by atoms with Crippen LogP contribution in [0.4, 0.5) is 0 Å². The Bertz CT molecular complexity index is 228. The largest absolute Gasteiger partial charge is 0.375 e. The van der Waals surface area contributed by atoms with Crippen molar-refractivity contribution in [1.29, 1.82) is 0 Å². The third kappa shape index (κ3) is 3.43. The van der Waals surface area contributed by atoms with Crippen LogP contribution >= 0.6 is 0 Å². The second-order valence-electron chi connectivity index (χ2n) is 5.89. The molecule has 0 aromatic heterocycles. The number of likely N-dealkylation sites (N-methyl/N-ethyl adjacent to an activating group) is 1. The van der Waals surface area contributed by atoms with Gasteiger partial charge in [0.1, 0.15) is 0 Å². The van der Waals surface area contributed by atoms with E-state index in [1.807, 2.05) is 7.05 Å².